The normalized spacial score (nSPS) is 13.3. The van der Waals surface area contributed by atoms with Gasteiger partial charge in [-0.15, -0.1) is 0 Å². The van der Waals surface area contributed by atoms with E-state index in [-0.39, 0.29) is 17.4 Å². The van der Waals surface area contributed by atoms with Crippen LogP contribution in [0.1, 0.15) is 31.1 Å². The van der Waals surface area contributed by atoms with Gasteiger partial charge in [0.1, 0.15) is 0 Å². The molecule has 1 rings (SSSR count). The van der Waals surface area contributed by atoms with Crippen LogP contribution in [0.25, 0.3) is 0 Å². The van der Waals surface area contributed by atoms with Crippen LogP contribution in [0, 0.1) is 12.8 Å². The molecule has 3 heteroatoms. The van der Waals surface area contributed by atoms with Crippen molar-refractivity contribution >= 4 is 0 Å². The van der Waals surface area contributed by atoms with Gasteiger partial charge in [-0.2, -0.15) is 0 Å². The third-order valence-electron chi connectivity index (χ3n) is 2.16. The second kappa shape index (κ2) is 3.75. The van der Waals surface area contributed by atoms with Crippen molar-refractivity contribution in [2.45, 2.75) is 26.8 Å². The number of hydrogen-bond donors (Lipinski definition) is 2. The Bertz CT molecular complexity index is 341. The third kappa shape index (κ3) is 2.18. The fourth-order valence-corrected chi connectivity index (χ4v) is 1.20. The summed E-state index contributed by atoms with van der Waals surface area (Å²) in [5.41, 5.74) is 7.43. The van der Waals surface area contributed by atoms with E-state index < -0.39 is 0 Å². The summed E-state index contributed by atoms with van der Waals surface area (Å²) >= 11 is 0. The lowest BCUT2D eigenvalue weighted by Gasteiger charge is -2.14. The highest BCUT2D eigenvalue weighted by atomic mass is 16.1. The lowest BCUT2D eigenvalue weighted by atomic mass is 9.98. The molecule has 3 N–H and O–H groups in total. The van der Waals surface area contributed by atoms with Crippen LogP contribution in [0.3, 0.4) is 0 Å². The summed E-state index contributed by atoms with van der Waals surface area (Å²) in [4.78, 5) is 14.5. The quantitative estimate of drug-likeness (QED) is 0.721. The fraction of sp³-hybridized carbons (Fsp3) is 0.500. The molecule has 0 aliphatic rings. The Morgan fingerprint density at radius 3 is 2.54 bits per heavy atom. The molecule has 0 saturated carbocycles. The van der Waals surface area contributed by atoms with Crippen molar-refractivity contribution in [2.75, 3.05) is 0 Å². The highest BCUT2D eigenvalue weighted by Crippen LogP contribution is 2.14. The first kappa shape index (κ1) is 9.99. The summed E-state index contributed by atoms with van der Waals surface area (Å²) in [7, 11) is 0. The van der Waals surface area contributed by atoms with Crippen molar-refractivity contribution in [3.63, 3.8) is 0 Å². The zero-order valence-electron chi connectivity index (χ0n) is 8.29. The molecule has 1 atom stereocenters. The Morgan fingerprint density at radius 1 is 1.46 bits per heavy atom. The predicted molar refractivity (Wildman–Crippen MR) is 53.6 cm³/mol. The number of aryl methyl sites for hydroxylation is 1. The van der Waals surface area contributed by atoms with Crippen molar-refractivity contribution in [2.24, 2.45) is 11.7 Å². The van der Waals surface area contributed by atoms with Gasteiger partial charge in [-0.3, -0.25) is 4.79 Å². The first-order valence-electron chi connectivity index (χ1n) is 4.47. The fourth-order valence-electron chi connectivity index (χ4n) is 1.20. The van der Waals surface area contributed by atoms with Crippen LogP contribution in [0.15, 0.2) is 17.1 Å². The minimum Gasteiger partial charge on any atom is -0.365 e. The number of H-pyrrole nitrogens is 1. The van der Waals surface area contributed by atoms with Gasteiger partial charge < -0.3 is 10.7 Å². The van der Waals surface area contributed by atoms with E-state index in [1.165, 1.54) is 0 Å². The summed E-state index contributed by atoms with van der Waals surface area (Å²) in [5, 5.41) is 0. The maximum atomic E-state index is 11.5. The topological polar surface area (TPSA) is 58.9 Å². The number of nitrogens with two attached hydrogens (primary N) is 1. The average molecular weight is 180 g/mol. The van der Waals surface area contributed by atoms with Crippen LogP contribution in [0.2, 0.25) is 0 Å². The van der Waals surface area contributed by atoms with Gasteiger partial charge in [0, 0.05) is 29.6 Å². The van der Waals surface area contributed by atoms with E-state index in [9.17, 15) is 4.79 Å². The lowest BCUT2D eigenvalue weighted by Crippen LogP contribution is -2.24. The molecule has 0 aliphatic carbocycles. The van der Waals surface area contributed by atoms with Crippen LogP contribution >= 0.6 is 0 Å². The van der Waals surface area contributed by atoms with Crippen LogP contribution in [-0.2, 0) is 0 Å². The monoisotopic (exact) mass is 180 g/mol. The maximum absolute atomic E-state index is 11.5. The van der Waals surface area contributed by atoms with Gasteiger partial charge in [-0.1, -0.05) is 13.8 Å². The molecular weight excluding hydrogens is 164 g/mol. The predicted octanol–water partition coefficient (Wildman–Crippen LogP) is 1.34. The molecule has 0 radical (unpaired) electrons. The summed E-state index contributed by atoms with van der Waals surface area (Å²) in [6, 6.07) is 1.40. The van der Waals surface area contributed by atoms with Crippen molar-refractivity contribution < 1.29 is 0 Å². The second-order valence-corrected chi connectivity index (χ2v) is 3.71. The van der Waals surface area contributed by atoms with Crippen LogP contribution in [0.4, 0.5) is 0 Å². The minimum absolute atomic E-state index is 0.0254. The van der Waals surface area contributed by atoms with Gasteiger partial charge in [0.2, 0.25) is 0 Å². The summed E-state index contributed by atoms with van der Waals surface area (Å²) in [6.45, 7) is 5.86. The smallest absolute Gasteiger partial charge is 0.186 e. The Balaban J connectivity index is 3.09. The lowest BCUT2D eigenvalue weighted by molar-refractivity contribution is 0.510. The van der Waals surface area contributed by atoms with Gasteiger partial charge in [0.25, 0.3) is 0 Å². The van der Waals surface area contributed by atoms with Crippen LogP contribution in [-0.4, -0.2) is 4.98 Å². The molecule has 0 bridgehead atoms. The Kier molecular flexibility index (Phi) is 2.88. The van der Waals surface area contributed by atoms with E-state index in [1.54, 1.807) is 12.3 Å². The zero-order chi connectivity index (χ0) is 10.0. The first-order chi connectivity index (χ1) is 6.02. The number of rotatable bonds is 2. The van der Waals surface area contributed by atoms with Crippen molar-refractivity contribution in [1.29, 1.82) is 0 Å². The molecular formula is C10H16N2O. The minimum atomic E-state index is -0.177. The Labute approximate surface area is 78.0 Å². The van der Waals surface area contributed by atoms with Gasteiger partial charge in [0.15, 0.2) is 5.43 Å². The largest absolute Gasteiger partial charge is 0.365 e. The average Bonchev–Trinajstić information content (AvgIpc) is 2.03. The van der Waals surface area contributed by atoms with E-state index >= 15 is 0 Å². The summed E-state index contributed by atoms with van der Waals surface area (Å²) < 4.78 is 0. The Morgan fingerprint density at radius 2 is 2.08 bits per heavy atom. The van der Waals surface area contributed by atoms with E-state index in [2.05, 4.69) is 4.98 Å². The zero-order valence-corrected chi connectivity index (χ0v) is 8.29. The van der Waals surface area contributed by atoms with E-state index in [0.29, 0.717) is 5.56 Å². The SMILES string of the molecule is Cc1cc(=O)c([C@H](N)C(C)C)c[nH]1. The van der Waals surface area contributed by atoms with Gasteiger partial charge >= 0.3 is 0 Å². The first-order valence-corrected chi connectivity index (χ1v) is 4.47. The molecule has 1 aromatic rings. The molecule has 0 amide bonds. The van der Waals surface area contributed by atoms with Crippen molar-refractivity contribution in [3.8, 4) is 0 Å². The Hall–Kier alpha value is -1.09. The summed E-state index contributed by atoms with van der Waals surface area (Å²) in [5.74, 6) is 0.281. The summed E-state index contributed by atoms with van der Waals surface area (Å²) in [6.07, 6.45) is 1.71. The molecule has 0 aromatic carbocycles. The number of aromatic nitrogens is 1. The molecule has 72 valence electrons. The highest BCUT2D eigenvalue weighted by molar-refractivity contribution is 5.17. The molecule has 1 heterocycles. The molecule has 0 aliphatic heterocycles. The molecule has 13 heavy (non-hydrogen) atoms. The number of nitrogens with one attached hydrogen (secondary N) is 1. The molecule has 3 nitrogen and oxygen atoms in total. The third-order valence-corrected chi connectivity index (χ3v) is 2.16. The number of aromatic amines is 1. The molecule has 1 aromatic heterocycles. The maximum Gasteiger partial charge on any atom is 0.186 e. The molecule has 0 saturated heterocycles. The van der Waals surface area contributed by atoms with E-state index in [1.807, 2.05) is 20.8 Å². The molecule has 0 fully saturated rings. The standard InChI is InChI=1S/C10H16N2O/c1-6(2)10(11)8-5-12-7(3)4-9(8)13/h4-6,10H,11H2,1-3H3,(H,12,13)/t10-/m1/s1. The van der Waals surface area contributed by atoms with Crippen LogP contribution < -0.4 is 11.2 Å². The van der Waals surface area contributed by atoms with E-state index in [0.717, 1.165) is 5.69 Å². The van der Waals surface area contributed by atoms with Crippen molar-refractivity contribution in [1.82, 2.24) is 4.98 Å². The number of pyridine rings is 1. The van der Waals surface area contributed by atoms with Gasteiger partial charge in [0.05, 0.1) is 0 Å². The van der Waals surface area contributed by atoms with Gasteiger partial charge in [-0.05, 0) is 12.8 Å². The second-order valence-electron chi connectivity index (χ2n) is 3.71. The van der Waals surface area contributed by atoms with Gasteiger partial charge in [-0.25, -0.2) is 0 Å². The molecule has 0 unspecified atom stereocenters. The highest BCUT2D eigenvalue weighted by Gasteiger charge is 2.13. The van der Waals surface area contributed by atoms with Crippen LogP contribution in [0.5, 0.6) is 0 Å². The van der Waals surface area contributed by atoms with E-state index in [4.69, 9.17) is 5.73 Å². The number of hydrogen-bond acceptors (Lipinski definition) is 2. The molecule has 0 spiro atoms. The van der Waals surface area contributed by atoms with Crippen molar-refractivity contribution in [3.05, 3.63) is 33.7 Å².